The first-order valence-electron chi connectivity index (χ1n) is 6.07. The van der Waals surface area contributed by atoms with Crippen molar-refractivity contribution in [3.63, 3.8) is 0 Å². The minimum atomic E-state index is -0.0464. The van der Waals surface area contributed by atoms with Gasteiger partial charge in [0, 0.05) is 36.3 Å². The topological polar surface area (TPSA) is 42.0 Å². The van der Waals surface area contributed by atoms with E-state index in [-0.39, 0.29) is 11.8 Å². The van der Waals surface area contributed by atoms with E-state index in [2.05, 4.69) is 10.3 Å². The van der Waals surface area contributed by atoms with Crippen LogP contribution in [0.25, 0.3) is 0 Å². The maximum absolute atomic E-state index is 11.1. The van der Waals surface area contributed by atoms with Gasteiger partial charge in [-0.2, -0.15) is 0 Å². The quantitative estimate of drug-likeness (QED) is 0.931. The Kier molecular flexibility index (Phi) is 4.53. The highest BCUT2D eigenvalue weighted by molar-refractivity contribution is 6.30. The third-order valence-electron chi connectivity index (χ3n) is 2.87. The Labute approximate surface area is 117 Å². The summed E-state index contributed by atoms with van der Waals surface area (Å²) in [6.45, 7) is 2.03. The molecule has 1 N–H and O–H groups in total. The Morgan fingerprint density at radius 3 is 2.58 bits per heavy atom. The standard InChI is InChI=1S/C15H15ClN2O/c1-11(19)18-10-14(15-4-2-3-9-17-15)12-5-7-13(16)8-6-12/h2-9,14H,10H2,1H3,(H,18,19). The third kappa shape index (κ3) is 3.80. The molecule has 2 rings (SSSR count). The second-order valence-corrected chi connectivity index (χ2v) is 4.73. The largest absolute Gasteiger partial charge is 0.355 e. The van der Waals surface area contributed by atoms with Crippen LogP contribution in [-0.4, -0.2) is 17.4 Å². The van der Waals surface area contributed by atoms with Crippen molar-refractivity contribution in [2.24, 2.45) is 0 Å². The molecular formula is C15H15ClN2O. The highest BCUT2D eigenvalue weighted by Crippen LogP contribution is 2.23. The van der Waals surface area contributed by atoms with Crippen molar-refractivity contribution in [3.05, 3.63) is 64.9 Å². The molecule has 0 aliphatic heterocycles. The number of amides is 1. The molecule has 1 aromatic carbocycles. The molecule has 98 valence electrons. The predicted molar refractivity (Wildman–Crippen MR) is 76.2 cm³/mol. The summed E-state index contributed by atoms with van der Waals surface area (Å²) in [5.74, 6) is -0.0164. The summed E-state index contributed by atoms with van der Waals surface area (Å²) in [7, 11) is 0. The summed E-state index contributed by atoms with van der Waals surface area (Å²) < 4.78 is 0. The van der Waals surface area contributed by atoms with Crippen molar-refractivity contribution >= 4 is 17.5 Å². The lowest BCUT2D eigenvalue weighted by Gasteiger charge is -2.17. The van der Waals surface area contributed by atoms with Gasteiger partial charge in [-0.15, -0.1) is 0 Å². The van der Waals surface area contributed by atoms with Gasteiger partial charge in [0.25, 0.3) is 0 Å². The van der Waals surface area contributed by atoms with Gasteiger partial charge in [-0.1, -0.05) is 29.8 Å². The van der Waals surface area contributed by atoms with Crippen LogP contribution in [0.1, 0.15) is 24.1 Å². The minimum absolute atomic E-state index is 0.0300. The van der Waals surface area contributed by atoms with Gasteiger partial charge in [0.1, 0.15) is 0 Å². The normalized spacial score (nSPS) is 11.9. The number of aromatic nitrogens is 1. The summed E-state index contributed by atoms with van der Waals surface area (Å²) in [6.07, 6.45) is 1.76. The molecule has 0 fully saturated rings. The minimum Gasteiger partial charge on any atom is -0.355 e. The summed E-state index contributed by atoms with van der Waals surface area (Å²) >= 11 is 5.90. The molecule has 4 heteroatoms. The number of benzene rings is 1. The number of nitrogens with zero attached hydrogens (tertiary/aromatic N) is 1. The average molecular weight is 275 g/mol. The van der Waals surface area contributed by atoms with Crippen LogP contribution in [0, 0.1) is 0 Å². The van der Waals surface area contributed by atoms with Gasteiger partial charge in [0.2, 0.25) is 5.91 Å². The zero-order chi connectivity index (χ0) is 13.7. The molecular weight excluding hydrogens is 260 g/mol. The van der Waals surface area contributed by atoms with E-state index in [4.69, 9.17) is 11.6 Å². The molecule has 1 aromatic heterocycles. The molecule has 1 amide bonds. The van der Waals surface area contributed by atoms with Crippen LogP contribution in [0.3, 0.4) is 0 Å². The lowest BCUT2D eigenvalue weighted by atomic mass is 9.95. The third-order valence-corrected chi connectivity index (χ3v) is 3.12. The molecule has 0 bridgehead atoms. The van der Waals surface area contributed by atoms with Crippen molar-refractivity contribution in [3.8, 4) is 0 Å². The van der Waals surface area contributed by atoms with Crippen molar-refractivity contribution in [2.45, 2.75) is 12.8 Å². The molecule has 3 nitrogen and oxygen atoms in total. The van der Waals surface area contributed by atoms with E-state index >= 15 is 0 Å². The van der Waals surface area contributed by atoms with E-state index in [1.807, 2.05) is 42.5 Å². The lowest BCUT2D eigenvalue weighted by Crippen LogP contribution is -2.26. The SMILES string of the molecule is CC(=O)NCC(c1ccc(Cl)cc1)c1ccccn1. The first kappa shape index (κ1) is 13.6. The summed E-state index contributed by atoms with van der Waals surface area (Å²) in [5, 5.41) is 3.54. The summed E-state index contributed by atoms with van der Waals surface area (Å²) in [5.41, 5.74) is 2.01. The van der Waals surface area contributed by atoms with Crippen LogP contribution < -0.4 is 5.32 Å². The molecule has 0 saturated carbocycles. The molecule has 0 aliphatic rings. The van der Waals surface area contributed by atoms with Crippen LogP contribution in [0.2, 0.25) is 5.02 Å². The van der Waals surface area contributed by atoms with Gasteiger partial charge in [-0.05, 0) is 29.8 Å². The Morgan fingerprint density at radius 2 is 2.00 bits per heavy atom. The number of carbonyl (C=O) groups is 1. The van der Waals surface area contributed by atoms with Crippen molar-refractivity contribution in [2.75, 3.05) is 6.54 Å². The Hall–Kier alpha value is -1.87. The maximum Gasteiger partial charge on any atom is 0.216 e. The fraction of sp³-hybridized carbons (Fsp3) is 0.200. The molecule has 1 heterocycles. The van der Waals surface area contributed by atoms with E-state index in [9.17, 15) is 4.79 Å². The Morgan fingerprint density at radius 1 is 1.26 bits per heavy atom. The van der Waals surface area contributed by atoms with Crippen LogP contribution in [-0.2, 0) is 4.79 Å². The second-order valence-electron chi connectivity index (χ2n) is 4.30. The smallest absolute Gasteiger partial charge is 0.216 e. The van der Waals surface area contributed by atoms with Gasteiger partial charge in [0.05, 0.1) is 0 Å². The van der Waals surface area contributed by atoms with Crippen LogP contribution in [0.5, 0.6) is 0 Å². The van der Waals surface area contributed by atoms with E-state index in [1.165, 1.54) is 6.92 Å². The fourth-order valence-electron chi connectivity index (χ4n) is 1.92. The lowest BCUT2D eigenvalue weighted by molar-refractivity contribution is -0.118. The Balaban J connectivity index is 2.28. The monoisotopic (exact) mass is 274 g/mol. The van der Waals surface area contributed by atoms with E-state index in [1.54, 1.807) is 6.20 Å². The van der Waals surface area contributed by atoms with Crippen LogP contribution in [0.15, 0.2) is 48.7 Å². The van der Waals surface area contributed by atoms with E-state index in [0.717, 1.165) is 11.3 Å². The van der Waals surface area contributed by atoms with Crippen molar-refractivity contribution in [1.82, 2.24) is 10.3 Å². The predicted octanol–water partition coefficient (Wildman–Crippen LogP) is 3.00. The summed E-state index contributed by atoms with van der Waals surface area (Å²) in [4.78, 5) is 15.5. The number of hydrogen-bond acceptors (Lipinski definition) is 2. The number of hydrogen-bond donors (Lipinski definition) is 1. The van der Waals surface area contributed by atoms with Crippen molar-refractivity contribution < 1.29 is 4.79 Å². The van der Waals surface area contributed by atoms with E-state index in [0.29, 0.717) is 11.6 Å². The molecule has 0 radical (unpaired) electrons. The van der Waals surface area contributed by atoms with Gasteiger partial charge >= 0.3 is 0 Å². The van der Waals surface area contributed by atoms with Gasteiger partial charge in [0.15, 0.2) is 0 Å². The highest BCUT2D eigenvalue weighted by Gasteiger charge is 2.15. The number of halogens is 1. The molecule has 19 heavy (non-hydrogen) atoms. The second kappa shape index (κ2) is 6.34. The molecule has 1 unspecified atom stereocenters. The van der Waals surface area contributed by atoms with Gasteiger partial charge in [-0.3, -0.25) is 9.78 Å². The average Bonchev–Trinajstić information content (AvgIpc) is 2.42. The number of nitrogens with one attached hydrogen (secondary N) is 1. The number of rotatable bonds is 4. The van der Waals surface area contributed by atoms with Gasteiger partial charge in [-0.25, -0.2) is 0 Å². The number of pyridine rings is 1. The number of carbonyl (C=O) groups excluding carboxylic acids is 1. The fourth-order valence-corrected chi connectivity index (χ4v) is 2.04. The molecule has 0 aliphatic carbocycles. The molecule has 0 saturated heterocycles. The zero-order valence-corrected chi connectivity index (χ0v) is 11.4. The highest BCUT2D eigenvalue weighted by atomic mass is 35.5. The van der Waals surface area contributed by atoms with Crippen LogP contribution >= 0.6 is 11.6 Å². The van der Waals surface area contributed by atoms with Gasteiger partial charge < -0.3 is 5.32 Å². The Bertz CT molecular complexity index is 540. The van der Waals surface area contributed by atoms with E-state index < -0.39 is 0 Å². The first-order chi connectivity index (χ1) is 9.16. The molecule has 2 aromatic rings. The first-order valence-corrected chi connectivity index (χ1v) is 6.45. The van der Waals surface area contributed by atoms with Crippen LogP contribution in [0.4, 0.5) is 0 Å². The maximum atomic E-state index is 11.1. The van der Waals surface area contributed by atoms with Crippen molar-refractivity contribution in [1.29, 1.82) is 0 Å². The molecule has 0 spiro atoms. The summed E-state index contributed by atoms with van der Waals surface area (Å²) in [6, 6.07) is 13.4. The molecule has 1 atom stereocenters. The zero-order valence-electron chi connectivity index (χ0n) is 10.6.